The first kappa shape index (κ1) is 23.2. The van der Waals surface area contributed by atoms with Gasteiger partial charge in [-0.15, -0.1) is 0 Å². The Hall–Kier alpha value is -2.13. The zero-order valence-corrected chi connectivity index (χ0v) is 18.7. The van der Waals surface area contributed by atoms with Crippen LogP contribution < -0.4 is 20.3 Å². The number of nitrogens with zero attached hydrogens (tertiary/aromatic N) is 1. The van der Waals surface area contributed by atoms with Crippen molar-refractivity contribution in [1.82, 2.24) is 15.3 Å². The molecule has 7 nitrogen and oxygen atoms in total. The molecular formula is C20H27N3O4S2. The van der Waals surface area contributed by atoms with E-state index in [9.17, 15) is 9.59 Å². The summed E-state index contributed by atoms with van der Waals surface area (Å²) in [6.45, 7) is 4.35. The normalized spacial score (nSPS) is 11.7. The van der Waals surface area contributed by atoms with Crippen molar-refractivity contribution in [2.75, 3.05) is 26.5 Å². The summed E-state index contributed by atoms with van der Waals surface area (Å²) < 4.78 is 10.5. The van der Waals surface area contributed by atoms with Gasteiger partial charge in [0.15, 0.2) is 16.7 Å². The van der Waals surface area contributed by atoms with Crippen LogP contribution in [0.5, 0.6) is 11.5 Å². The second-order valence-electron chi connectivity index (χ2n) is 6.17. The molecule has 2 N–H and O–H groups in total. The summed E-state index contributed by atoms with van der Waals surface area (Å²) >= 11 is 2.94. The van der Waals surface area contributed by atoms with E-state index in [1.54, 1.807) is 32.9 Å². The Morgan fingerprint density at radius 2 is 2.00 bits per heavy atom. The molecular weight excluding hydrogens is 410 g/mol. The Balaban J connectivity index is 1.88. The zero-order chi connectivity index (χ0) is 21.2. The van der Waals surface area contributed by atoms with Gasteiger partial charge in [0.25, 0.3) is 5.56 Å². The fraction of sp³-hybridized carbons (Fsp3) is 0.450. The molecule has 29 heavy (non-hydrogen) atoms. The highest BCUT2D eigenvalue weighted by molar-refractivity contribution is 8.00. The van der Waals surface area contributed by atoms with Crippen molar-refractivity contribution in [2.24, 2.45) is 0 Å². The minimum Gasteiger partial charge on any atom is -0.493 e. The first-order valence-electron chi connectivity index (χ1n) is 9.30. The molecule has 0 bridgehead atoms. The first-order valence-corrected chi connectivity index (χ1v) is 11.3. The predicted molar refractivity (Wildman–Crippen MR) is 118 cm³/mol. The Bertz CT molecular complexity index is 873. The summed E-state index contributed by atoms with van der Waals surface area (Å²) in [5.41, 5.74) is 1.56. The molecule has 1 atom stereocenters. The molecule has 1 unspecified atom stereocenters. The monoisotopic (exact) mass is 437 g/mol. The van der Waals surface area contributed by atoms with E-state index in [1.807, 2.05) is 18.2 Å². The van der Waals surface area contributed by atoms with Crippen LogP contribution in [0.2, 0.25) is 0 Å². The number of nitrogens with one attached hydrogen (secondary N) is 2. The van der Waals surface area contributed by atoms with Crippen molar-refractivity contribution in [1.29, 1.82) is 0 Å². The van der Waals surface area contributed by atoms with Gasteiger partial charge in [-0.25, -0.2) is 4.98 Å². The van der Waals surface area contributed by atoms with E-state index >= 15 is 0 Å². The minimum absolute atomic E-state index is 0.105. The van der Waals surface area contributed by atoms with E-state index in [1.165, 1.54) is 17.8 Å². The van der Waals surface area contributed by atoms with Crippen molar-refractivity contribution in [3.63, 3.8) is 0 Å². The van der Waals surface area contributed by atoms with E-state index in [0.29, 0.717) is 35.4 Å². The van der Waals surface area contributed by atoms with Crippen molar-refractivity contribution in [3.8, 4) is 11.5 Å². The third-order valence-corrected chi connectivity index (χ3v) is 5.94. The number of hydrogen-bond acceptors (Lipinski definition) is 7. The van der Waals surface area contributed by atoms with E-state index in [4.69, 9.17) is 9.47 Å². The Kier molecular flexibility index (Phi) is 9.40. The summed E-state index contributed by atoms with van der Waals surface area (Å²) in [6, 6.07) is 7.19. The van der Waals surface area contributed by atoms with Gasteiger partial charge >= 0.3 is 0 Å². The number of hydrogen-bond donors (Lipinski definition) is 2. The van der Waals surface area contributed by atoms with Gasteiger partial charge in [0, 0.05) is 18.4 Å². The molecule has 0 fully saturated rings. The number of aromatic nitrogens is 2. The molecule has 2 rings (SSSR count). The average molecular weight is 438 g/mol. The van der Waals surface area contributed by atoms with Crippen LogP contribution in [-0.2, 0) is 17.0 Å². The van der Waals surface area contributed by atoms with Crippen LogP contribution >= 0.6 is 23.5 Å². The molecule has 0 saturated heterocycles. The third-order valence-electron chi connectivity index (χ3n) is 4.05. The highest BCUT2D eigenvalue weighted by Crippen LogP contribution is 2.27. The van der Waals surface area contributed by atoms with Crippen LogP contribution in [0, 0.1) is 0 Å². The van der Waals surface area contributed by atoms with Gasteiger partial charge in [-0.3, -0.25) is 9.59 Å². The van der Waals surface area contributed by atoms with Gasteiger partial charge in [-0.1, -0.05) is 24.8 Å². The summed E-state index contributed by atoms with van der Waals surface area (Å²) in [4.78, 5) is 31.4. The highest BCUT2D eigenvalue weighted by atomic mass is 32.2. The molecule has 0 radical (unpaired) electrons. The predicted octanol–water partition coefficient (Wildman–Crippen LogP) is 2.88. The van der Waals surface area contributed by atoms with E-state index < -0.39 is 0 Å². The standard InChI is InChI=1S/C20H27N3O4S2/c1-5-28-12-15-11-18(24)23-20(22-15)29-13(2)19(25)21-9-8-14-6-7-16(26-3)17(10-14)27-4/h6-7,10-11,13H,5,8-9,12H2,1-4H3,(H,21,25)(H,22,23,24). The number of rotatable bonds is 11. The molecule has 1 amide bonds. The maximum atomic E-state index is 12.4. The second-order valence-corrected chi connectivity index (χ2v) is 8.77. The van der Waals surface area contributed by atoms with E-state index in [-0.39, 0.29) is 16.7 Å². The highest BCUT2D eigenvalue weighted by Gasteiger charge is 2.16. The smallest absolute Gasteiger partial charge is 0.251 e. The van der Waals surface area contributed by atoms with Gasteiger partial charge in [0.05, 0.1) is 25.2 Å². The fourth-order valence-corrected chi connectivity index (χ4v) is 3.97. The summed E-state index contributed by atoms with van der Waals surface area (Å²) in [5, 5.41) is 3.01. The largest absolute Gasteiger partial charge is 0.493 e. The summed E-state index contributed by atoms with van der Waals surface area (Å²) in [5.74, 6) is 2.87. The van der Waals surface area contributed by atoms with Crippen molar-refractivity contribution >= 4 is 29.4 Å². The lowest BCUT2D eigenvalue weighted by molar-refractivity contribution is -0.120. The zero-order valence-electron chi connectivity index (χ0n) is 17.1. The third kappa shape index (κ3) is 7.32. The van der Waals surface area contributed by atoms with E-state index in [0.717, 1.165) is 17.0 Å². The second kappa shape index (κ2) is 11.8. The number of H-pyrrole nitrogens is 1. The molecule has 9 heteroatoms. The lowest BCUT2D eigenvalue weighted by Gasteiger charge is -2.13. The first-order chi connectivity index (χ1) is 14.0. The molecule has 0 aliphatic rings. The number of thioether (sulfide) groups is 2. The molecule has 0 aliphatic heterocycles. The number of methoxy groups -OCH3 is 2. The van der Waals surface area contributed by atoms with Crippen LogP contribution in [-0.4, -0.2) is 47.6 Å². The van der Waals surface area contributed by atoms with Crippen LogP contribution in [0.15, 0.2) is 34.2 Å². The van der Waals surface area contributed by atoms with Crippen molar-refractivity contribution in [3.05, 3.63) is 45.9 Å². The van der Waals surface area contributed by atoms with Crippen molar-refractivity contribution in [2.45, 2.75) is 36.4 Å². The van der Waals surface area contributed by atoms with Gasteiger partial charge < -0.3 is 19.8 Å². The Labute approximate surface area is 179 Å². The molecule has 1 heterocycles. The number of amides is 1. The van der Waals surface area contributed by atoms with Crippen molar-refractivity contribution < 1.29 is 14.3 Å². The average Bonchev–Trinajstić information content (AvgIpc) is 2.71. The Morgan fingerprint density at radius 1 is 1.24 bits per heavy atom. The quantitative estimate of drug-likeness (QED) is 0.412. The van der Waals surface area contributed by atoms with E-state index in [2.05, 4.69) is 22.2 Å². The molecule has 2 aromatic rings. The number of aromatic amines is 1. The van der Waals surface area contributed by atoms with Crippen LogP contribution in [0.25, 0.3) is 0 Å². The van der Waals surface area contributed by atoms with Crippen LogP contribution in [0.1, 0.15) is 25.1 Å². The van der Waals surface area contributed by atoms with Crippen LogP contribution in [0.3, 0.4) is 0 Å². The number of ether oxygens (including phenoxy) is 2. The summed E-state index contributed by atoms with van der Waals surface area (Å²) in [6.07, 6.45) is 0.669. The molecule has 158 valence electrons. The Morgan fingerprint density at radius 3 is 2.69 bits per heavy atom. The lowest BCUT2D eigenvalue weighted by Crippen LogP contribution is -2.32. The number of benzene rings is 1. The summed E-state index contributed by atoms with van der Waals surface area (Å²) in [7, 11) is 3.19. The van der Waals surface area contributed by atoms with Gasteiger partial charge in [-0.05, 0) is 36.8 Å². The minimum atomic E-state index is -0.377. The molecule has 0 spiro atoms. The fourth-order valence-electron chi connectivity index (χ4n) is 2.55. The van der Waals surface area contributed by atoms with Gasteiger partial charge in [-0.2, -0.15) is 11.8 Å². The topological polar surface area (TPSA) is 93.3 Å². The van der Waals surface area contributed by atoms with Gasteiger partial charge in [0.2, 0.25) is 5.91 Å². The maximum Gasteiger partial charge on any atom is 0.251 e. The number of carbonyl (C=O) groups excluding carboxylic acids is 1. The molecule has 0 saturated carbocycles. The van der Waals surface area contributed by atoms with Gasteiger partial charge in [0.1, 0.15) is 0 Å². The molecule has 1 aromatic carbocycles. The number of carbonyl (C=O) groups is 1. The SMILES string of the molecule is CCSCc1cc(=O)[nH]c(SC(C)C(=O)NCCc2ccc(OC)c(OC)c2)n1. The van der Waals surface area contributed by atoms with Crippen LogP contribution in [0.4, 0.5) is 0 Å². The molecule has 0 aliphatic carbocycles. The molecule has 1 aromatic heterocycles. The maximum absolute atomic E-state index is 12.4. The lowest BCUT2D eigenvalue weighted by atomic mass is 10.1.